The number of hydrogen-bond acceptors (Lipinski definition) is 6. The van der Waals surface area contributed by atoms with E-state index in [1.54, 1.807) is 0 Å². The van der Waals surface area contributed by atoms with Crippen molar-refractivity contribution in [3.63, 3.8) is 0 Å². The van der Waals surface area contributed by atoms with Crippen molar-refractivity contribution in [3.8, 4) is 17.8 Å². The molecule has 3 aliphatic rings. The fourth-order valence-corrected chi connectivity index (χ4v) is 9.31. The molecule has 3 saturated carbocycles. The number of rotatable bonds is 6. The summed E-state index contributed by atoms with van der Waals surface area (Å²) < 4.78 is 6.75. The van der Waals surface area contributed by atoms with E-state index in [0.29, 0.717) is 35.6 Å². The quantitative estimate of drug-likeness (QED) is 0.174. The number of nitrogens with zero attached hydrogens (tertiary/aromatic N) is 9. The SMILES string of the molecule is c1ccc2c(c1)nc(C1CCCCC1)n2-c1nc(-n2c(C3CCCCC3)nc3ccccc32)nc(-n2c(C3CCCCC3)nc3ccccc32)n1. The van der Waals surface area contributed by atoms with Gasteiger partial charge in [0.1, 0.15) is 17.5 Å². The minimum Gasteiger partial charge on any atom is -0.264 e. The summed E-state index contributed by atoms with van der Waals surface area (Å²) in [4.78, 5) is 32.3. The molecule has 3 aromatic carbocycles. The Morgan fingerprint density at radius 3 is 0.902 bits per heavy atom. The van der Waals surface area contributed by atoms with Gasteiger partial charge in [-0.25, -0.2) is 15.0 Å². The van der Waals surface area contributed by atoms with E-state index in [4.69, 9.17) is 29.9 Å². The van der Waals surface area contributed by atoms with Gasteiger partial charge in [-0.05, 0) is 74.9 Å². The highest BCUT2D eigenvalue weighted by atomic mass is 15.3. The molecule has 0 saturated heterocycles. The number of hydrogen-bond donors (Lipinski definition) is 0. The lowest BCUT2D eigenvalue weighted by Crippen LogP contribution is -2.20. The fraction of sp³-hybridized carbons (Fsp3) is 0.429. The Morgan fingerprint density at radius 2 is 0.608 bits per heavy atom. The molecule has 10 rings (SSSR count). The molecule has 4 heterocycles. The minimum atomic E-state index is 0.355. The van der Waals surface area contributed by atoms with Crippen LogP contribution in [0.1, 0.15) is 132 Å². The zero-order valence-corrected chi connectivity index (χ0v) is 29.3. The molecular weight excluding hydrogens is 631 g/mol. The molecule has 0 spiro atoms. The van der Waals surface area contributed by atoms with Crippen molar-refractivity contribution >= 4 is 33.1 Å². The third-order valence-electron chi connectivity index (χ3n) is 11.9. The van der Waals surface area contributed by atoms with Crippen LogP contribution in [0, 0.1) is 0 Å². The Labute approximate surface area is 298 Å². The molecule has 7 aromatic rings. The largest absolute Gasteiger partial charge is 0.264 e. The predicted molar refractivity (Wildman–Crippen MR) is 201 cm³/mol. The molecule has 0 unspecified atom stereocenters. The highest BCUT2D eigenvalue weighted by molar-refractivity contribution is 5.80. The second-order valence-electron chi connectivity index (χ2n) is 15.1. The molecule has 3 aliphatic carbocycles. The monoisotopic (exact) mass is 675 g/mol. The van der Waals surface area contributed by atoms with Gasteiger partial charge in [-0.1, -0.05) is 94.2 Å². The van der Waals surface area contributed by atoms with Crippen LogP contribution in [0.5, 0.6) is 0 Å². The van der Waals surface area contributed by atoms with Crippen LogP contribution in [0.4, 0.5) is 0 Å². The number of imidazole rings is 3. The van der Waals surface area contributed by atoms with Crippen LogP contribution in [0.2, 0.25) is 0 Å². The molecule has 9 heteroatoms. The van der Waals surface area contributed by atoms with E-state index in [1.165, 1.54) is 57.8 Å². The van der Waals surface area contributed by atoms with Crippen LogP contribution >= 0.6 is 0 Å². The van der Waals surface area contributed by atoms with Crippen molar-refractivity contribution in [2.24, 2.45) is 0 Å². The van der Waals surface area contributed by atoms with Gasteiger partial charge in [0.05, 0.1) is 33.1 Å². The maximum atomic E-state index is 5.45. The van der Waals surface area contributed by atoms with Crippen LogP contribution in [0.3, 0.4) is 0 Å². The summed E-state index contributed by atoms with van der Waals surface area (Å²) in [6, 6.07) is 25.4. The Balaban J connectivity index is 1.27. The summed E-state index contributed by atoms with van der Waals surface area (Å²) in [6.45, 7) is 0. The molecule has 0 amide bonds. The number of aromatic nitrogens is 9. The van der Waals surface area contributed by atoms with Gasteiger partial charge in [0.25, 0.3) is 0 Å². The molecule has 258 valence electrons. The standard InChI is InChI=1S/C42H45N9/c1-4-16-28(17-5-1)37-43-31-22-10-13-25-34(31)49(37)40-46-41(50-35-26-14-11-23-32(35)44-38(50)29-18-6-2-7-19-29)48-42(47-40)51-36-27-15-12-24-33(36)45-39(51)30-20-8-3-9-21-30/h10-15,22-30H,1-9,16-21H2. The molecule has 9 nitrogen and oxygen atoms in total. The average molecular weight is 676 g/mol. The van der Waals surface area contributed by atoms with E-state index >= 15 is 0 Å². The van der Waals surface area contributed by atoms with Crippen molar-refractivity contribution in [2.75, 3.05) is 0 Å². The first-order valence-corrected chi connectivity index (χ1v) is 19.5. The average Bonchev–Trinajstić information content (AvgIpc) is 3.91. The first kappa shape index (κ1) is 30.9. The highest BCUT2D eigenvalue weighted by Gasteiger charge is 2.30. The highest BCUT2D eigenvalue weighted by Crippen LogP contribution is 2.39. The molecule has 0 N–H and O–H groups in total. The van der Waals surface area contributed by atoms with Crippen molar-refractivity contribution in [1.82, 2.24) is 43.6 Å². The van der Waals surface area contributed by atoms with Crippen LogP contribution in [0.15, 0.2) is 72.8 Å². The third kappa shape index (κ3) is 5.43. The van der Waals surface area contributed by atoms with Crippen molar-refractivity contribution < 1.29 is 0 Å². The summed E-state index contributed by atoms with van der Waals surface area (Å²) >= 11 is 0. The summed E-state index contributed by atoms with van der Waals surface area (Å²) in [7, 11) is 0. The van der Waals surface area contributed by atoms with Gasteiger partial charge in [0.2, 0.25) is 17.8 Å². The van der Waals surface area contributed by atoms with Crippen LogP contribution in [-0.4, -0.2) is 43.6 Å². The lowest BCUT2D eigenvalue weighted by atomic mass is 9.88. The zero-order valence-electron chi connectivity index (χ0n) is 29.3. The normalized spacial score (nSPS) is 18.4. The van der Waals surface area contributed by atoms with Crippen molar-refractivity contribution in [2.45, 2.75) is 114 Å². The second kappa shape index (κ2) is 13.0. The molecule has 0 aliphatic heterocycles. The summed E-state index contributed by atoms with van der Waals surface area (Å²) in [6.07, 6.45) is 18.0. The van der Waals surface area contributed by atoms with E-state index in [1.807, 2.05) is 0 Å². The first-order chi connectivity index (χ1) is 25.3. The smallest absolute Gasteiger partial charge is 0.242 e. The molecule has 0 atom stereocenters. The Hall–Kier alpha value is -4.92. The minimum absolute atomic E-state index is 0.355. The Bertz CT molecular complexity index is 2070. The maximum absolute atomic E-state index is 5.45. The van der Waals surface area contributed by atoms with Gasteiger partial charge >= 0.3 is 0 Å². The summed E-state index contributed by atoms with van der Waals surface area (Å²) in [5.74, 6) is 6.09. The van der Waals surface area contributed by atoms with Crippen LogP contribution in [0.25, 0.3) is 50.9 Å². The molecule has 0 bridgehead atoms. The molecule has 0 radical (unpaired) electrons. The number of fused-ring (bicyclic) bond motifs is 3. The van der Waals surface area contributed by atoms with E-state index in [9.17, 15) is 0 Å². The lowest BCUT2D eigenvalue weighted by Gasteiger charge is -2.24. The molecule has 4 aromatic heterocycles. The third-order valence-corrected chi connectivity index (χ3v) is 11.9. The van der Waals surface area contributed by atoms with E-state index in [-0.39, 0.29) is 0 Å². The topological polar surface area (TPSA) is 92.1 Å². The Kier molecular flexibility index (Phi) is 7.87. The fourth-order valence-electron chi connectivity index (χ4n) is 9.31. The lowest BCUT2D eigenvalue weighted by molar-refractivity contribution is 0.423. The first-order valence-electron chi connectivity index (χ1n) is 19.5. The molecular formula is C42H45N9. The summed E-state index contributed by atoms with van der Waals surface area (Å²) in [5.41, 5.74) is 6.04. The molecule has 3 fully saturated rings. The van der Waals surface area contributed by atoms with Gasteiger partial charge in [-0.2, -0.15) is 15.0 Å². The van der Waals surface area contributed by atoms with E-state index in [0.717, 1.165) is 89.1 Å². The predicted octanol–water partition coefficient (Wildman–Crippen LogP) is 10.0. The van der Waals surface area contributed by atoms with Crippen molar-refractivity contribution in [1.29, 1.82) is 0 Å². The van der Waals surface area contributed by atoms with Gasteiger partial charge < -0.3 is 0 Å². The van der Waals surface area contributed by atoms with Gasteiger partial charge in [0, 0.05) is 17.8 Å². The maximum Gasteiger partial charge on any atom is 0.242 e. The molecule has 51 heavy (non-hydrogen) atoms. The zero-order chi connectivity index (χ0) is 33.7. The summed E-state index contributed by atoms with van der Waals surface area (Å²) in [5, 5.41) is 0. The van der Waals surface area contributed by atoms with E-state index < -0.39 is 0 Å². The number of para-hydroxylation sites is 6. The van der Waals surface area contributed by atoms with Crippen LogP contribution < -0.4 is 0 Å². The number of benzene rings is 3. The van der Waals surface area contributed by atoms with Gasteiger partial charge in [-0.3, -0.25) is 13.7 Å². The van der Waals surface area contributed by atoms with Gasteiger partial charge in [-0.15, -0.1) is 0 Å². The van der Waals surface area contributed by atoms with Crippen LogP contribution in [-0.2, 0) is 0 Å². The Morgan fingerprint density at radius 1 is 0.333 bits per heavy atom. The van der Waals surface area contributed by atoms with E-state index in [2.05, 4.69) is 86.5 Å². The van der Waals surface area contributed by atoms with Crippen molar-refractivity contribution in [3.05, 3.63) is 90.3 Å². The second-order valence-corrected chi connectivity index (χ2v) is 15.1. The van der Waals surface area contributed by atoms with Gasteiger partial charge in [0.15, 0.2) is 0 Å².